The number of ether oxygens (including phenoxy) is 1. The van der Waals surface area contributed by atoms with Crippen molar-refractivity contribution in [1.29, 1.82) is 0 Å². The molecule has 0 spiro atoms. The van der Waals surface area contributed by atoms with Gasteiger partial charge >= 0.3 is 5.97 Å². The van der Waals surface area contributed by atoms with E-state index in [9.17, 15) is 4.79 Å². The van der Waals surface area contributed by atoms with Crippen molar-refractivity contribution in [2.24, 2.45) is 0 Å². The standard InChI is InChI=1S/C13H21N3O2S/c1-4-18-13(17)10-9-19-12(14-10)11-8-15(2)6-5-7-16(11)3/h9,11H,4-8H2,1-3H3. The summed E-state index contributed by atoms with van der Waals surface area (Å²) in [6, 6.07) is 0.265. The molecular formula is C13H21N3O2S. The summed E-state index contributed by atoms with van der Waals surface area (Å²) in [6.07, 6.45) is 1.17. The highest BCUT2D eigenvalue weighted by Crippen LogP contribution is 2.26. The van der Waals surface area contributed by atoms with Crippen molar-refractivity contribution in [2.45, 2.75) is 19.4 Å². The Bertz CT molecular complexity index is 435. The first-order valence-corrected chi connectivity index (χ1v) is 7.51. The lowest BCUT2D eigenvalue weighted by Crippen LogP contribution is -2.30. The van der Waals surface area contributed by atoms with E-state index in [1.165, 1.54) is 6.42 Å². The molecule has 0 amide bonds. The molecule has 2 heterocycles. The molecule has 5 nitrogen and oxygen atoms in total. The van der Waals surface area contributed by atoms with Gasteiger partial charge in [0.15, 0.2) is 5.69 Å². The Morgan fingerprint density at radius 1 is 1.53 bits per heavy atom. The van der Waals surface area contributed by atoms with E-state index in [2.05, 4.69) is 28.9 Å². The molecule has 1 aliphatic heterocycles. The van der Waals surface area contributed by atoms with E-state index < -0.39 is 0 Å². The Kier molecular flexibility index (Phi) is 4.90. The molecule has 106 valence electrons. The van der Waals surface area contributed by atoms with E-state index >= 15 is 0 Å². The highest BCUT2D eigenvalue weighted by atomic mass is 32.1. The summed E-state index contributed by atoms with van der Waals surface area (Å²) in [6.45, 7) is 5.31. The first-order valence-electron chi connectivity index (χ1n) is 6.63. The molecule has 1 unspecified atom stereocenters. The van der Waals surface area contributed by atoms with Gasteiger partial charge in [0.2, 0.25) is 0 Å². The monoisotopic (exact) mass is 283 g/mol. The lowest BCUT2D eigenvalue weighted by molar-refractivity contribution is 0.0520. The van der Waals surface area contributed by atoms with Gasteiger partial charge in [0.1, 0.15) is 5.01 Å². The van der Waals surface area contributed by atoms with E-state index in [1.54, 1.807) is 23.6 Å². The summed E-state index contributed by atoms with van der Waals surface area (Å²) in [7, 11) is 4.25. The second kappa shape index (κ2) is 6.45. The molecule has 1 atom stereocenters. The minimum absolute atomic E-state index is 0.265. The number of carbonyl (C=O) groups excluding carboxylic acids is 1. The molecule has 1 aromatic rings. The summed E-state index contributed by atoms with van der Waals surface area (Å²) in [5.41, 5.74) is 0.433. The van der Waals surface area contributed by atoms with Gasteiger partial charge in [0, 0.05) is 11.9 Å². The Morgan fingerprint density at radius 2 is 2.32 bits per heavy atom. The van der Waals surface area contributed by atoms with Crippen molar-refractivity contribution in [3.63, 3.8) is 0 Å². The molecule has 0 radical (unpaired) electrons. The van der Waals surface area contributed by atoms with Gasteiger partial charge in [-0.2, -0.15) is 0 Å². The molecule has 2 rings (SSSR count). The van der Waals surface area contributed by atoms with E-state index in [4.69, 9.17) is 4.74 Å². The highest BCUT2D eigenvalue weighted by molar-refractivity contribution is 7.09. The topological polar surface area (TPSA) is 45.7 Å². The lowest BCUT2D eigenvalue weighted by atomic mass is 10.2. The number of thiazole rings is 1. The van der Waals surface area contributed by atoms with Gasteiger partial charge in [0.25, 0.3) is 0 Å². The lowest BCUT2D eigenvalue weighted by Gasteiger charge is -2.25. The molecule has 0 aliphatic carbocycles. The number of aromatic nitrogens is 1. The summed E-state index contributed by atoms with van der Waals surface area (Å²) < 4.78 is 4.98. The number of nitrogens with zero attached hydrogens (tertiary/aromatic N) is 3. The fraction of sp³-hybridized carbons (Fsp3) is 0.692. The van der Waals surface area contributed by atoms with E-state index in [-0.39, 0.29) is 12.0 Å². The van der Waals surface area contributed by atoms with Crippen LogP contribution in [0.3, 0.4) is 0 Å². The fourth-order valence-corrected chi connectivity index (χ4v) is 3.22. The van der Waals surface area contributed by atoms with Crippen molar-refractivity contribution >= 4 is 17.3 Å². The fourth-order valence-electron chi connectivity index (χ4n) is 2.28. The van der Waals surface area contributed by atoms with Gasteiger partial charge in [-0.15, -0.1) is 11.3 Å². The largest absolute Gasteiger partial charge is 0.461 e. The third kappa shape index (κ3) is 3.52. The molecule has 0 aromatic carbocycles. The van der Waals surface area contributed by atoms with Crippen LogP contribution in [-0.2, 0) is 4.74 Å². The smallest absolute Gasteiger partial charge is 0.357 e. The summed E-state index contributed by atoms with van der Waals surface area (Å²) in [5.74, 6) is -0.324. The second-order valence-electron chi connectivity index (χ2n) is 4.90. The van der Waals surface area contributed by atoms with Gasteiger partial charge in [-0.05, 0) is 40.5 Å². The van der Waals surface area contributed by atoms with Crippen molar-refractivity contribution in [3.05, 3.63) is 16.1 Å². The number of esters is 1. The van der Waals surface area contributed by atoms with Crippen molar-refractivity contribution < 1.29 is 9.53 Å². The van der Waals surface area contributed by atoms with Crippen LogP contribution in [0.15, 0.2) is 5.38 Å². The zero-order valence-electron chi connectivity index (χ0n) is 11.8. The average Bonchev–Trinajstić information content (AvgIpc) is 2.79. The maximum atomic E-state index is 11.7. The van der Waals surface area contributed by atoms with Crippen molar-refractivity contribution in [3.8, 4) is 0 Å². The van der Waals surface area contributed by atoms with Crippen LogP contribution in [-0.4, -0.2) is 61.1 Å². The Morgan fingerprint density at radius 3 is 3.05 bits per heavy atom. The predicted molar refractivity (Wildman–Crippen MR) is 75.6 cm³/mol. The van der Waals surface area contributed by atoms with Crippen LogP contribution in [0.5, 0.6) is 0 Å². The van der Waals surface area contributed by atoms with Gasteiger partial charge in [-0.3, -0.25) is 4.90 Å². The van der Waals surface area contributed by atoms with Crippen LogP contribution < -0.4 is 0 Å². The van der Waals surface area contributed by atoms with Crippen LogP contribution >= 0.6 is 11.3 Å². The molecule has 1 aromatic heterocycles. The van der Waals surface area contributed by atoms with E-state index in [0.717, 1.165) is 24.6 Å². The summed E-state index contributed by atoms with van der Waals surface area (Å²) >= 11 is 1.55. The normalized spacial score (nSPS) is 22.2. The number of likely N-dealkylation sites (N-methyl/N-ethyl adjacent to an activating group) is 2. The first kappa shape index (κ1) is 14.4. The number of hydrogen-bond donors (Lipinski definition) is 0. The molecule has 19 heavy (non-hydrogen) atoms. The summed E-state index contributed by atoms with van der Waals surface area (Å²) in [5, 5.41) is 2.80. The minimum Gasteiger partial charge on any atom is -0.461 e. The van der Waals surface area contributed by atoms with Crippen molar-refractivity contribution in [1.82, 2.24) is 14.8 Å². The van der Waals surface area contributed by atoms with Gasteiger partial charge in [-0.25, -0.2) is 9.78 Å². The van der Waals surface area contributed by atoms with Gasteiger partial charge < -0.3 is 9.64 Å². The molecule has 0 saturated carbocycles. The van der Waals surface area contributed by atoms with E-state index in [0.29, 0.717) is 12.3 Å². The van der Waals surface area contributed by atoms with Crippen LogP contribution in [0.4, 0.5) is 0 Å². The average molecular weight is 283 g/mol. The highest BCUT2D eigenvalue weighted by Gasteiger charge is 2.25. The minimum atomic E-state index is -0.324. The van der Waals surface area contributed by atoms with Crippen LogP contribution in [0.1, 0.15) is 34.9 Å². The zero-order valence-corrected chi connectivity index (χ0v) is 12.6. The Balaban J connectivity index is 2.13. The molecule has 1 fully saturated rings. The van der Waals surface area contributed by atoms with Gasteiger partial charge in [0.05, 0.1) is 12.6 Å². The quantitative estimate of drug-likeness (QED) is 0.789. The SMILES string of the molecule is CCOC(=O)c1csc(C2CN(C)CCCN2C)n1. The molecular weight excluding hydrogens is 262 g/mol. The number of hydrogen-bond acceptors (Lipinski definition) is 6. The molecule has 1 saturated heterocycles. The summed E-state index contributed by atoms with van der Waals surface area (Å²) in [4.78, 5) is 20.7. The zero-order chi connectivity index (χ0) is 13.8. The van der Waals surface area contributed by atoms with Crippen LogP contribution in [0.2, 0.25) is 0 Å². The maximum Gasteiger partial charge on any atom is 0.357 e. The molecule has 0 N–H and O–H groups in total. The van der Waals surface area contributed by atoms with Crippen molar-refractivity contribution in [2.75, 3.05) is 40.3 Å². The molecule has 0 bridgehead atoms. The maximum absolute atomic E-state index is 11.7. The first-order chi connectivity index (χ1) is 9.11. The van der Waals surface area contributed by atoms with E-state index in [1.807, 2.05) is 0 Å². The number of carbonyl (C=O) groups is 1. The van der Waals surface area contributed by atoms with Crippen LogP contribution in [0, 0.1) is 0 Å². The second-order valence-corrected chi connectivity index (χ2v) is 5.79. The predicted octanol–water partition coefficient (Wildman–Crippen LogP) is 1.63. The van der Waals surface area contributed by atoms with Gasteiger partial charge in [-0.1, -0.05) is 0 Å². The molecule has 6 heteroatoms. The van der Waals surface area contributed by atoms with Crippen LogP contribution in [0.25, 0.3) is 0 Å². The Labute approximate surface area is 118 Å². The third-order valence-corrected chi connectivity index (χ3v) is 4.30. The Hall–Kier alpha value is -0.980. The molecule has 1 aliphatic rings. The third-order valence-electron chi connectivity index (χ3n) is 3.36. The number of rotatable bonds is 3.